The van der Waals surface area contributed by atoms with Crippen LogP contribution < -0.4 is 10.6 Å². The third kappa shape index (κ3) is 4.61. The van der Waals surface area contributed by atoms with E-state index in [1.54, 1.807) is 42.5 Å². The van der Waals surface area contributed by atoms with Gasteiger partial charge in [0.15, 0.2) is 5.78 Å². The number of aldehydes is 1. The standard InChI is InChI=1S/C26H25N3O7/c1-14(26(36)29-11-5-10-20(29)25(35)28-15(13-30)12-21(31)32)27-24(34)19-9-4-8-18-22(19)16-6-2-3-7-17(16)23(18)33/h2-4,6-9,13-15,20H,5,10-12H2,1H3,(H,27,34)(H,28,35)(H,31,32)/t14-,15?,20-/m0/s1. The van der Waals surface area contributed by atoms with Crippen molar-refractivity contribution in [3.8, 4) is 11.1 Å². The number of likely N-dealkylation sites (tertiary alicyclic amines) is 1. The predicted molar refractivity (Wildman–Crippen MR) is 127 cm³/mol. The number of carbonyl (C=O) groups is 6. The van der Waals surface area contributed by atoms with Crippen molar-refractivity contribution in [3.63, 3.8) is 0 Å². The zero-order valence-electron chi connectivity index (χ0n) is 19.5. The fourth-order valence-corrected chi connectivity index (χ4v) is 4.75. The summed E-state index contributed by atoms with van der Waals surface area (Å²) in [6, 6.07) is 8.83. The van der Waals surface area contributed by atoms with Crippen LogP contribution in [0.1, 0.15) is 52.5 Å². The average molecular weight is 492 g/mol. The van der Waals surface area contributed by atoms with Gasteiger partial charge < -0.3 is 25.4 Å². The van der Waals surface area contributed by atoms with Crippen LogP contribution in [0.3, 0.4) is 0 Å². The summed E-state index contributed by atoms with van der Waals surface area (Å²) in [7, 11) is 0. The normalized spacial score (nSPS) is 17.5. The fourth-order valence-electron chi connectivity index (χ4n) is 4.75. The number of benzene rings is 2. The van der Waals surface area contributed by atoms with Crippen LogP contribution in [0.15, 0.2) is 42.5 Å². The Morgan fingerprint density at radius 2 is 1.75 bits per heavy atom. The number of ketones is 1. The molecule has 10 nitrogen and oxygen atoms in total. The second-order valence-electron chi connectivity index (χ2n) is 8.84. The van der Waals surface area contributed by atoms with Crippen LogP contribution in [0, 0.1) is 0 Å². The number of amides is 3. The maximum absolute atomic E-state index is 13.2. The molecule has 1 saturated heterocycles. The molecule has 0 aromatic heterocycles. The highest BCUT2D eigenvalue weighted by atomic mass is 16.4. The van der Waals surface area contributed by atoms with Gasteiger partial charge in [0.1, 0.15) is 18.4 Å². The third-order valence-corrected chi connectivity index (χ3v) is 6.44. The highest BCUT2D eigenvalue weighted by molar-refractivity contribution is 6.24. The smallest absolute Gasteiger partial charge is 0.305 e. The number of nitrogens with zero attached hydrogens (tertiary/aromatic N) is 1. The molecule has 2 aliphatic rings. The van der Waals surface area contributed by atoms with E-state index in [0.717, 1.165) is 0 Å². The maximum Gasteiger partial charge on any atom is 0.305 e. The molecule has 3 atom stereocenters. The Kier molecular flexibility index (Phi) is 6.96. The molecule has 4 rings (SSSR count). The van der Waals surface area contributed by atoms with Crippen molar-refractivity contribution in [1.29, 1.82) is 0 Å². The summed E-state index contributed by atoms with van der Waals surface area (Å²) < 4.78 is 0. The van der Waals surface area contributed by atoms with Crippen molar-refractivity contribution in [2.75, 3.05) is 6.54 Å². The van der Waals surface area contributed by atoms with Gasteiger partial charge in [-0.25, -0.2) is 0 Å². The quantitative estimate of drug-likeness (QED) is 0.400. The summed E-state index contributed by atoms with van der Waals surface area (Å²) in [5, 5.41) is 13.9. The second-order valence-corrected chi connectivity index (χ2v) is 8.84. The number of aliphatic carboxylic acids is 1. The zero-order valence-corrected chi connectivity index (χ0v) is 19.5. The highest BCUT2D eigenvalue weighted by Crippen LogP contribution is 2.38. The number of fused-ring (bicyclic) bond motifs is 3. The topological polar surface area (TPSA) is 150 Å². The first kappa shape index (κ1) is 24.8. The molecule has 2 aromatic rings. The maximum atomic E-state index is 13.2. The van der Waals surface area contributed by atoms with E-state index < -0.39 is 48.2 Å². The van der Waals surface area contributed by atoms with Crippen molar-refractivity contribution in [1.82, 2.24) is 15.5 Å². The molecule has 0 bridgehead atoms. The van der Waals surface area contributed by atoms with Crippen molar-refractivity contribution >= 4 is 35.8 Å². The molecule has 0 saturated carbocycles. The molecule has 0 radical (unpaired) electrons. The molecular formula is C26H25N3O7. The van der Waals surface area contributed by atoms with Gasteiger partial charge >= 0.3 is 5.97 Å². The molecule has 10 heteroatoms. The van der Waals surface area contributed by atoms with Crippen LogP contribution in [0.25, 0.3) is 11.1 Å². The van der Waals surface area contributed by atoms with E-state index in [1.807, 2.05) is 0 Å². The first-order valence-corrected chi connectivity index (χ1v) is 11.6. The molecule has 36 heavy (non-hydrogen) atoms. The van der Waals surface area contributed by atoms with Gasteiger partial charge in [-0.3, -0.25) is 24.0 Å². The number of hydrogen-bond acceptors (Lipinski definition) is 6. The van der Waals surface area contributed by atoms with Crippen molar-refractivity contribution in [3.05, 3.63) is 59.2 Å². The van der Waals surface area contributed by atoms with Gasteiger partial charge in [0, 0.05) is 28.8 Å². The molecule has 1 aliphatic heterocycles. The monoisotopic (exact) mass is 491 g/mol. The lowest BCUT2D eigenvalue weighted by molar-refractivity contribution is -0.141. The van der Waals surface area contributed by atoms with Gasteiger partial charge in [-0.2, -0.15) is 0 Å². The Morgan fingerprint density at radius 1 is 1.06 bits per heavy atom. The van der Waals surface area contributed by atoms with Gasteiger partial charge in [0.05, 0.1) is 12.5 Å². The van der Waals surface area contributed by atoms with E-state index in [2.05, 4.69) is 10.6 Å². The molecule has 1 fully saturated rings. The molecule has 2 aromatic carbocycles. The largest absolute Gasteiger partial charge is 0.481 e. The van der Waals surface area contributed by atoms with Crippen molar-refractivity contribution in [2.24, 2.45) is 0 Å². The van der Waals surface area contributed by atoms with Gasteiger partial charge in [0.25, 0.3) is 5.91 Å². The van der Waals surface area contributed by atoms with E-state index in [1.165, 1.54) is 11.8 Å². The summed E-state index contributed by atoms with van der Waals surface area (Å²) in [4.78, 5) is 75.1. The predicted octanol–water partition coefficient (Wildman–Crippen LogP) is 1.17. The molecule has 0 spiro atoms. The van der Waals surface area contributed by atoms with Crippen LogP contribution in [-0.4, -0.2) is 70.4 Å². The second kappa shape index (κ2) is 10.1. The minimum absolute atomic E-state index is 0.165. The number of hydrogen-bond donors (Lipinski definition) is 3. The van der Waals surface area contributed by atoms with Crippen LogP contribution >= 0.6 is 0 Å². The lowest BCUT2D eigenvalue weighted by Crippen LogP contribution is -2.54. The summed E-state index contributed by atoms with van der Waals surface area (Å²) in [6.45, 7) is 1.79. The zero-order chi connectivity index (χ0) is 26.0. The number of rotatable bonds is 8. The van der Waals surface area contributed by atoms with Crippen LogP contribution in [0.2, 0.25) is 0 Å². The van der Waals surface area contributed by atoms with E-state index in [-0.39, 0.29) is 17.9 Å². The molecule has 3 amide bonds. The Hall–Kier alpha value is -4.34. The lowest BCUT2D eigenvalue weighted by atomic mass is 9.98. The molecular weight excluding hydrogens is 466 g/mol. The first-order valence-electron chi connectivity index (χ1n) is 11.6. The summed E-state index contributed by atoms with van der Waals surface area (Å²) in [5.41, 5.74) is 2.38. The Morgan fingerprint density at radius 3 is 2.44 bits per heavy atom. The fraction of sp³-hybridized carbons (Fsp3) is 0.308. The number of nitrogens with one attached hydrogen (secondary N) is 2. The van der Waals surface area contributed by atoms with E-state index in [0.29, 0.717) is 41.4 Å². The number of carbonyl (C=O) groups excluding carboxylic acids is 5. The molecule has 1 heterocycles. The van der Waals surface area contributed by atoms with E-state index in [4.69, 9.17) is 5.11 Å². The van der Waals surface area contributed by atoms with Crippen molar-refractivity contribution in [2.45, 2.75) is 44.3 Å². The Labute approximate surface area is 206 Å². The van der Waals surface area contributed by atoms with Crippen LogP contribution in [-0.2, 0) is 19.2 Å². The van der Waals surface area contributed by atoms with E-state index >= 15 is 0 Å². The average Bonchev–Trinajstić information content (AvgIpc) is 3.46. The van der Waals surface area contributed by atoms with Gasteiger partial charge in [-0.15, -0.1) is 0 Å². The molecule has 1 unspecified atom stereocenters. The lowest BCUT2D eigenvalue weighted by Gasteiger charge is -2.28. The number of carboxylic acids is 1. The summed E-state index contributed by atoms with van der Waals surface area (Å²) in [6.07, 6.45) is 0.675. The minimum Gasteiger partial charge on any atom is -0.481 e. The van der Waals surface area contributed by atoms with Crippen molar-refractivity contribution < 1.29 is 33.9 Å². The van der Waals surface area contributed by atoms with E-state index in [9.17, 15) is 28.8 Å². The third-order valence-electron chi connectivity index (χ3n) is 6.44. The van der Waals surface area contributed by atoms with Gasteiger partial charge in [0.2, 0.25) is 11.8 Å². The highest BCUT2D eigenvalue weighted by Gasteiger charge is 2.38. The first-order chi connectivity index (χ1) is 17.2. The van der Waals surface area contributed by atoms with Crippen LogP contribution in [0.5, 0.6) is 0 Å². The van der Waals surface area contributed by atoms with Gasteiger partial charge in [-0.05, 0) is 31.4 Å². The molecule has 3 N–H and O–H groups in total. The number of carboxylic acid groups (broad SMARTS) is 1. The summed E-state index contributed by atoms with van der Waals surface area (Å²) >= 11 is 0. The van der Waals surface area contributed by atoms with Crippen LogP contribution in [0.4, 0.5) is 0 Å². The SMILES string of the molecule is C[C@H](NC(=O)c1cccc2c1-c1ccccc1C2=O)C(=O)N1CCC[C@H]1C(=O)NC(C=O)CC(=O)O. The summed E-state index contributed by atoms with van der Waals surface area (Å²) in [5.74, 6) is -3.03. The molecule has 186 valence electrons. The Bertz CT molecular complexity index is 1270. The molecule has 1 aliphatic carbocycles. The van der Waals surface area contributed by atoms with Gasteiger partial charge in [-0.1, -0.05) is 36.4 Å². The minimum atomic E-state index is -1.24. The Balaban J connectivity index is 1.48.